The Morgan fingerprint density at radius 3 is 2.53 bits per heavy atom. The Morgan fingerprint density at radius 1 is 1.53 bits per heavy atom. The summed E-state index contributed by atoms with van der Waals surface area (Å²) in [6.07, 6.45) is 6.34. The maximum atomic E-state index is 10.1. The van der Waals surface area contributed by atoms with Crippen LogP contribution in [0.3, 0.4) is 0 Å². The van der Waals surface area contributed by atoms with Crippen molar-refractivity contribution in [1.82, 2.24) is 9.97 Å². The Kier molecular flexibility index (Phi) is 8.18. The van der Waals surface area contributed by atoms with Crippen molar-refractivity contribution in [2.45, 2.75) is 26.2 Å². The second kappa shape index (κ2) is 9.08. The van der Waals surface area contributed by atoms with Crippen LogP contribution in [0.4, 0.5) is 0 Å². The lowest BCUT2D eigenvalue weighted by Gasteiger charge is -1.86. The molecule has 1 rings (SSSR count). The first-order valence-electron chi connectivity index (χ1n) is 4.91. The summed E-state index contributed by atoms with van der Waals surface area (Å²) in [6.45, 7) is 3.03. The highest BCUT2D eigenvalue weighted by Gasteiger charge is 1.99. The topological polar surface area (TPSA) is 89.1 Å². The molecule has 1 heterocycles. The minimum absolute atomic E-state index is 0.0185. The number of carboxylic acid groups (broad SMARTS) is 1. The minimum Gasteiger partial charge on any atom is -0.477 e. The molecule has 5 nitrogen and oxygen atoms in total. The number of nitrogens with zero attached hydrogens (tertiary/aromatic N) is 2. The van der Waals surface area contributed by atoms with Gasteiger partial charge < -0.3 is 10.8 Å². The van der Waals surface area contributed by atoms with Crippen LogP contribution in [0.25, 0.3) is 0 Å². The predicted octanol–water partition coefficient (Wildman–Crippen LogP) is 1.31. The van der Waals surface area contributed by atoms with Crippen LogP contribution in [0.1, 0.15) is 36.7 Å². The van der Waals surface area contributed by atoms with Crippen LogP contribution >= 0.6 is 0 Å². The second-order valence-corrected chi connectivity index (χ2v) is 2.90. The van der Waals surface area contributed by atoms with E-state index in [2.05, 4.69) is 16.9 Å². The third-order valence-electron chi connectivity index (χ3n) is 1.61. The molecule has 0 bridgehead atoms. The number of hydrogen-bond donors (Lipinski definition) is 2. The lowest BCUT2D eigenvalue weighted by molar-refractivity contribution is 0.0690. The molecule has 0 atom stereocenters. The molecule has 0 aliphatic carbocycles. The Morgan fingerprint density at radius 2 is 2.27 bits per heavy atom. The highest BCUT2D eigenvalue weighted by atomic mass is 16.4. The van der Waals surface area contributed by atoms with Gasteiger partial charge in [-0.25, -0.2) is 14.8 Å². The van der Waals surface area contributed by atoms with Gasteiger partial charge in [-0.3, -0.25) is 0 Å². The standard InChI is InChI=1S/C5H4N2O2.C5H13N/c8-5(9)4-1-2-6-3-7-4;1-2-3-4-5-6/h1-3H,(H,8,9);2-6H2,1H3. The molecular weight excluding hydrogens is 194 g/mol. The van der Waals surface area contributed by atoms with Crippen molar-refractivity contribution in [3.05, 3.63) is 24.3 Å². The Labute approximate surface area is 89.4 Å². The summed E-state index contributed by atoms with van der Waals surface area (Å²) in [5, 5.41) is 8.29. The van der Waals surface area contributed by atoms with Gasteiger partial charge in [-0.2, -0.15) is 0 Å². The van der Waals surface area contributed by atoms with E-state index in [-0.39, 0.29) is 5.69 Å². The van der Waals surface area contributed by atoms with Crippen molar-refractivity contribution in [1.29, 1.82) is 0 Å². The van der Waals surface area contributed by atoms with Crippen LogP contribution in [-0.2, 0) is 0 Å². The van der Waals surface area contributed by atoms with E-state index in [1.807, 2.05) is 0 Å². The van der Waals surface area contributed by atoms with Crippen LogP contribution < -0.4 is 5.73 Å². The highest BCUT2D eigenvalue weighted by molar-refractivity contribution is 5.84. The highest BCUT2D eigenvalue weighted by Crippen LogP contribution is 1.88. The third kappa shape index (κ3) is 7.57. The van der Waals surface area contributed by atoms with E-state index in [9.17, 15) is 4.79 Å². The Balaban J connectivity index is 0.000000288. The predicted molar refractivity (Wildman–Crippen MR) is 57.6 cm³/mol. The second-order valence-electron chi connectivity index (χ2n) is 2.90. The Bertz CT molecular complexity index is 261. The van der Waals surface area contributed by atoms with Gasteiger partial charge in [0.2, 0.25) is 0 Å². The molecule has 0 aliphatic heterocycles. The molecule has 0 saturated heterocycles. The van der Waals surface area contributed by atoms with Gasteiger partial charge in [0.25, 0.3) is 0 Å². The summed E-state index contributed by atoms with van der Waals surface area (Å²) in [5.74, 6) is -1.03. The van der Waals surface area contributed by atoms with Gasteiger partial charge >= 0.3 is 5.97 Å². The molecule has 0 fully saturated rings. The fourth-order valence-corrected chi connectivity index (χ4v) is 0.812. The number of rotatable bonds is 4. The molecule has 0 aromatic carbocycles. The maximum Gasteiger partial charge on any atom is 0.354 e. The van der Waals surface area contributed by atoms with E-state index in [1.165, 1.54) is 37.9 Å². The number of aromatic carboxylic acids is 1. The molecule has 0 spiro atoms. The summed E-state index contributed by atoms with van der Waals surface area (Å²) in [4.78, 5) is 17.1. The lowest BCUT2D eigenvalue weighted by Crippen LogP contribution is -1.98. The summed E-state index contributed by atoms with van der Waals surface area (Å²) < 4.78 is 0. The van der Waals surface area contributed by atoms with Crippen molar-refractivity contribution < 1.29 is 9.90 Å². The fourth-order valence-electron chi connectivity index (χ4n) is 0.812. The minimum atomic E-state index is -1.03. The number of nitrogens with two attached hydrogens (primary N) is 1. The van der Waals surface area contributed by atoms with Gasteiger partial charge in [-0.1, -0.05) is 19.8 Å². The van der Waals surface area contributed by atoms with Crippen LogP contribution in [0, 0.1) is 0 Å². The molecular formula is C10H17N3O2. The van der Waals surface area contributed by atoms with Crippen LogP contribution in [0.2, 0.25) is 0 Å². The summed E-state index contributed by atoms with van der Waals surface area (Å²) in [5.41, 5.74) is 5.23. The van der Waals surface area contributed by atoms with E-state index >= 15 is 0 Å². The largest absolute Gasteiger partial charge is 0.477 e. The molecule has 0 unspecified atom stereocenters. The van der Waals surface area contributed by atoms with Gasteiger partial charge in [-0.15, -0.1) is 0 Å². The average molecular weight is 211 g/mol. The first-order valence-corrected chi connectivity index (χ1v) is 4.91. The number of carbonyl (C=O) groups is 1. The monoisotopic (exact) mass is 211 g/mol. The first kappa shape index (κ1) is 13.5. The first-order chi connectivity index (χ1) is 7.22. The maximum absolute atomic E-state index is 10.1. The molecule has 84 valence electrons. The van der Waals surface area contributed by atoms with Gasteiger partial charge in [0.15, 0.2) is 5.69 Å². The molecule has 5 heteroatoms. The molecule has 15 heavy (non-hydrogen) atoms. The average Bonchev–Trinajstić information content (AvgIpc) is 2.28. The number of carboxylic acids is 1. The molecule has 1 aromatic heterocycles. The summed E-state index contributed by atoms with van der Waals surface area (Å²) >= 11 is 0. The summed E-state index contributed by atoms with van der Waals surface area (Å²) in [6, 6.07) is 1.34. The van der Waals surface area contributed by atoms with E-state index in [1.54, 1.807) is 0 Å². The van der Waals surface area contributed by atoms with Crippen molar-refractivity contribution in [2.75, 3.05) is 6.54 Å². The van der Waals surface area contributed by atoms with E-state index < -0.39 is 5.97 Å². The van der Waals surface area contributed by atoms with E-state index in [0.717, 1.165) is 6.54 Å². The van der Waals surface area contributed by atoms with Crippen LogP contribution in [0.15, 0.2) is 18.6 Å². The quantitative estimate of drug-likeness (QED) is 0.733. The fraction of sp³-hybridized carbons (Fsp3) is 0.500. The number of aromatic nitrogens is 2. The van der Waals surface area contributed by atoms with E-state index in [4.69, 9.17) is 10.8 Å². The molecule has 3 N–H and O–H groups in total. The number of hydrogen-bond acceptors (Lipinski definition) is 4. The zero-order chi connectivity index (χ0) is 11.5. The van der Waals surface area contributed by atoms with Crippen molar-refractivity contribution in [2.24, 2.45) is 5.73 Å². The van der Waals surface area contributed by atoms with Crippen LogP contribution in [-0.4, -0.2) is 27.6 Å². The molecule has 1 aromatic rings. The van der Waals surface area contributed by atoms with E-state index in [0.29, 0.717) is 0 Å². The van der Waals surface area contributed by atoms with Gasteiger partial charge in [-0.05, 0) is 19.0 Å². The molecule has 0 radical (unpaired) electrons. The van der Waals surface area contributed by atoms with Crippen molar-refractivity contribution in [3.63, 3.8) is 0 Å². The number of unbranched alkanes of at least 4 members (excludes halogenated alkanes) is 2. The zero-order valence-corrected chi connectivity index (χ0v) is 8.89. The van der Waals surface area contributed by atoms with Crippen molar-refractivity contribution in [3.8, 4) is 0 Å². The van der Waals surface area contributed by atoms with Gasteiger partial charge in [0.05, 0.1) is 0 Å². The van der Waals surface area contributed by atoms with Gasteiger partial charge in [0.1, 0.15) is 6.33 Å². The Hall–Kier alpha value is -1.49. The summed E-state index contributed by atoms with van der Waals surface area (Å²) in [7, 11) is 0. The third-order valence-corrected chi connectivity index (χ3v) is 1.61. The smallest absolute Gasteiger partial charge is 0.354 e. The van der Waals surface area contributed by atoms with Gasteiger partial charge in [0, 0.05) is 6.20 Å². The SMILES string of the molecule is CCCCCN.O=C(O)c1ccncn1. The molecule has 0 saturated carbocycles. The van der Waals surface area contributed by atoms with Crippen molar-refractivity contribution >= 4 is 5.97 Å². The van der Waals surface area contributed by atoms with Crippen LogP contribution in [0.5, 0.6) is 0 Å². The normalized spacial score (nSPS) is 8.93. The molecule has 0 amide bonds. The molecule has 0 aliphatic rings. The zero-order valence-electron chi connectivity index (χ0n) is 8.89. The lowest BCUT2D eigenvalue weighted by atomic mass is 10.3.